The highest BCUT2D eigenvalue weighted by atomic mass is 79.9. The first-order valence-electron chi connectivity index (χ1n) is 4.44. The molecule has 0 unspecified atom stereocenters. The van der Waals surface area contributed by atoms with Gasteiger partial charge in [-0.25, -0.2) is 4.79 Å². The molecule has 0 radical (unpaired) electrons. The van der Waals surface area contributed by atoms with Gasteiger partial charge in [0.2, 0.25) is 0 Å². The molecule has 3 nitrogen and oxygen atoms in total. The number of halogens is 1. The highest BCUT2D eigenvalue weighted by Gasteiger charge is 2.22. The highest BCUT2D eigenvalue weighted by molar-refractivity contribution is 9.10. The van der Waals surface area contributed by atoms with Gasteiger partial charge in [0.05, 0.1) is 0 Å². The zero-order valence-corrected chi connectivity index (χ0v) is 9.04. The van der Waals surface area contributed by atoms with Crippen LogP contribution in [0.3, 0.4) is 0 Å². The zero-order chi connectivity index (χ0) is 10.1. The predicted octanol–water partition coefficient (Wildman–Crippen LogP) is 2.26. The minimum atomic E-state index is -0.782. The molecule has 14 heavy (non-hydrogen) atoms. The number of carboxylic acids is 1. The lowest BCUT2D eigenvalue weighted by Gasteiger charge is -2.24. The molecule has 1 atom stereocenters. The molecule has 1 aromatic rings. The Kier molecular flexibility index (Phi) is 2.46. The quantitative estimate of drug-likeness (QED) is 0.810. The van der Waals surface area contributed by atoms with Gasteiger partial charge in [-0.05, 0) is 30.5 Å². The number of carbonyl (C=O) groups is 1. The van der Waals surface area contributed by atoms with Crippen LogP contribution in [0.5, 0.6) is 0 Å². The summed E-state index contributed by atoms with van der Waals surface area (Å²) in [6, 6.07) is 5.47. The van der Waals surface area contributed by atoms with Gasteiger partial charge in [0.25, 0.3) is 0 Å². The Hall–Kier alpha value is -1.03. The topological polar surface area (TPSA) is 49.3 Å². The Balaban J connectivity index is 2.29. The summed E-state index contributed by atoms with van der Waals surface area (Å²) in [6.07, 6.45) is 1.48. The number of nitrogens with one attached hydrogen (secondary N) is 1. The van der Waals surface area contributed by atoms with Gasteiger partial charge < -0.3 is 10.4 Å². The van der Waals surface area contributed by atoms with E-state index in [2.05, 4.69) is 21.2 Å². The number of aryl methyl sites for hydroxylation is 1. The lowest BCUT2D eigenvalue weighted by Crippen LogP contribution is -2.33. The van der Waals surface area contributed by atoms with E-state index in [0.29, 0.717) is 6.42 Å². The third-order valence-corrected chi connectivity index (χ3v) is 2.90. The van der Waals surface area contributed by atoms with E-state index in [-0.39, 0.29) is 0 Å². The minimum Gasteiger partial charge on any atom is -0.480 e. The van der Waals surface area contributed by atoms with Crippen LogP contribution >= 0.6 is 15.9 Å². The number of benzene rings is 1. The second kappa shape index (κ2) is 3.61. The molecular weight excluding hydrogens is 246 g/mol. The average Bonchev–Trinajstić information content (AvgIpc) is 2.16. The van der Waals surface area contributed by atoms with Gasteiger partial charge >= 0.3 is 5.97 Å². The summed E-state index contributed by atoms with van der Waals surface area (Å²) < 4.78 is 0.967. The van der Waals surface area contributed by atoms with Crippen LogP contribution in [0, 0.1) is 0 Å². The molecule has 0 aliphatic carbocycles. The van der Waals surface area contributed by atoms with Crippen LogP contribution < -0.4 is 5.32 Å². The predicted molar refractivity (Wildman–Crippen MR) is 57.5 cm³/mol. The number of aliphatic carboxylic acids is 1. The molecule has 4 heteroatoms. The van der Waals surface area contributed by atoms with E-state index >= 15 is 0 Å². The molecule has 1 aliphatic rings. The summed E-state index contributed by atoms with van der Waals surface area (Å²) in [6.45, 7) is 0. The molecular formula is C10H10BrNO2. The van der Waals surface area contributed by atoms with Gasteiger partial charge in [-0.1, -0.05) is 22.0 Å². The summed E-state index contributed by atoms with van der Waals surface area (Å²) in [7, 11) is 0. The van der Waals surface area contributed by atoms with Crippen molar-refractivity contribution in [2.45, 2.75) is 18.9 Å². The van der Waals surface area contributed by atoms with Crippen molar-refractivity contribution in [2.24, 2.45) is 0 Å². The Morgan fingerprint density at radius 2 is 2.36 bits per heavy atom. The molecule has 0 fully saturated rings. The van der Waals surface area contributed by atoms with E-state index in [4.69, 9.17) is 5.11 Å². The lowest BCUT2D eigenvalue weighted by atomic mass is 9.98. The van der Waals surface area contributed by atoms with E-state index in [9.17, 15) is 4.79 Å². The number of fused-ring (bicyclic) bond motifs is 1. The van der Waals surface area contributed by atoms with Gasteiger partial charge in [-0.3, -0.25) is 0 Å². The fourth-order valence-electron chi connectivity index (χ4n) is 1.65. The molecule has 1 aliphatic heterocycles. The third kappa shape index (κ3) is 1.75. The first-order chi connectivity index (χ1) is 6.66. The van der Waals surface area contributed by atoms with Crippen molar-refractivity contribution in [2.75, 3.05) is 5.32 Å². The smallest absolute Gasteiger partial charge is 0.326 e. The molecule has 74 valence electrons. The van der Waals surface area contributed by atoms with Crippen LogP contribution in [0.2, 0.25) is 0 Å². The van der Waals surface area contributed by atoms with Gasteiger partial charge in [-0.15, -0.1) is 0 Å². The molecule has 0 saturated heterocycles. The summed E-state index contributed by atoms with van der Waals surface area (Å²) in [5.74, 6) is -0.782. The SMILES string of the molecule is O=C(O)[C@@H]1CCc2ccc(Br)cc2N1. The fraction of sp³-hybridized carbons (Fsp3) is 0.300. The highest BCUT2D eigenvalue weighted by Crippen LogP contribution is 2.27. The average molecular weight is 256 g/mol. The number of carboxylic acid groups (broad SMARTS) is 1. The maximum Gasteiger partial charge on any atom is 0.326 e. The number of anilines is 1. The van der Waals surface area contributed by atoms with Crippen molar-refractivity contribution < 1.29 is 9.90 Å². The van der Waals surface area contributed by atoms with Crippen LogP contribution in [0.25, 0.3) is 0 Å². The number of rotatable bonds is 1. The van der Waals surface area contributed by atoms with Crippen LogP contribution in [0.1, 0.15) is 12.0 Å². The fourth-order valence-corrected chi connectivity index (χ4v) is 2.01. The van der Waals surface area contributed by atoms with Gasteiger partial charge in [0, 0.05) is 10.2 Å². The maximum absolute atomic E-state index is 10.8. The molecule has 0 bridgehead atoms. The van der Waals surface area contributed by atoms with Crippen molar-refractivity contribution in [3.8, 4) is 0 Å². The molecule has 1 heterocycles. The maximum atomic E-state index is 10.8. The van der Waals surface area contributed by atoms with Crippen molar-refractivity contribution in [3.63, 3.8) is 0 Å². The zero-order valence-electron chi connectivity index (χ0n) is 7.46. The van der Waals surface area contributed by atoms with Crippen LogP contribution in [-0.2, 0) is 11.2 Å². The summed E-state index contributed by atoms with van der Waals surface area (Å²) >= 11 is 3.36. The van der Waals surface area contributed by atoms with E-state index in [1.165, 1.54) is 5.56 Å². The number of hydrogen-bond acceptors (Lipinski definition) is 2. The molecule has 2 N–H and O–H groups in total. The van der Waals surface area contributed by atoms with E-state index < -0.39 is 12.0 Å². The molecule has 0 spiro atoms. The largest absolute Gasteiger partial charge is 0.480 e. The van der Waals surface area contributed by atoms with Crippen LogP contribution in [-0.4, -0.2) is 17.1 Å². The van der Waals surface area contributed by atoms with Crippen molar-refractivity contribution in [1.29, 1.82) is 0 Å². The van der Waals surface area contributed by atoms with Crippen molar-refractivity contribution in [3.05, 3.63) is 28.2 Å². The molecule has 1 aromatic carbocycles. The summed E-state index contributed by atoms with van der Waals surface area (Å²) in [5, 5.41) is 11.9. The van der Waals surface area contributed by atoms with E-state index in [0.717, 1.165) is 16.6 Å². The first kappa shape index (κ1) is 9.52. The monoisotopic (exact) mass is 255 g/mol. The van der Waals surface area contributed by atoms with Gasteiger partial charge in [0.1, 0.15) is 6.04 Å². The second-order valence-corrected chi connectivity index (χ2v) is 4.29. The Morgan fingerprint density at radius 1 is 1.57 bits per heavy atom. The van der Waals surface area contributed by atoms with Crippen LogP contribution in [0.15, 0.2) is 22.7 Å². The summed E-state index contributed by atoms with van der Waals surface area (Å²) in [5.41, 5.74) is 2.11. The molecule has 2 rings (SSSR count). The van der Waals surface area contributed by atoms with Gasteiger partial charge in [0.15, 0.2) is 0 Å². The van der Waals surface area contributed by atoms with Crippen LogP contribution in [0.4, 0.5) is 5.69 Å². The lowest BCUT2D eigenvalue weighted by molar-refractivity contribution is -0.138. The Bertz CT molecular complexity index is 378. The number of hydrogen-bond donors (Lipinski definition) is 2. The van der Waals surface area contributed by atoms with Gasteiger partial charge in [-0.2, -0.15) is 0 Å². The minimum absolute atomic E-state index is 0.447. The summed E-state index contributed by atoms with van der Waals surface area (Å²) in [4.78, 5) is 10.8. The van der Waals surface area contributed by atoms with Crippen molar-refractivity contribution >= 4 is 27.6 Å². The van der Waals surface area contributed by atoms with E-state index in [1.54, 1.807) is 0 Å². The Labute approximate surface area is 90.3 Å². The molecule has 0 saturated carbocycles. The molecule has 0 aromatic heterocycles. The Morgan fingerprint density at radius 3 is 3.07 bits per heavy atom. The standard InChI is InChI=1S/C10H10BrNO2/c11-7-3-1-6-2-4-8(10(13)14)12-9(6)5-7/h1,3,5,8,12H,2,4H2,(H,13,14)/t8-/m0/s1. The third-order valence-electron chi connectivity index (χ3n) is 2.40. The second-order valence-electron chi connectivity index (χ2n) is 3.38. The normalized spacial score (nSPS) is 19.6. The van der Waals surface area contributed by atoms with E-state index in [1.807, 2.05) is 18.2 Å². The molecule has 0 amide bonds. The van der Waals surface area contributed by atoms with Crippen molar-refractivity contribution in [1.82, 2.24) is 0 Å². The first-order valence-corrected chi connectivity index (χ1v) is 5.24.